The summed E-state index contributed by atoms with van der Waals surface area (Å²) in [6.07, 6.45) is 0.822. The molecule has 1 heterocycles. The number of halogens is 1. The van der Waals surface area contributed by atoms with Crippen LogP contribution >= 0.6 is 22.9 Å². The number of carbonyl (C=O) groups excluding carboxylic acids is 1. The van der Waals surface area contributed by atoms with Crippen LogP contribution in [0, 0.1) is 0 Å². The number of benzene rings is 2. The van der Waals surface area contributed by atoms with Gasteiger partial charge in [-0.2, -0.15) is 0 Å². The van der Waals surface area contributed by atoms with Gasteiger partial charge in [-0.15, -0.1) is 11.3 Å². The summed E-state index contributed by atoms with van der Waals surface area (Å²) >= 11 is 7.84. The van der Waals surface area contributed by atoms with Gasteiger partial charge in [0.05, 0.1) is 5.02 Å². The minimum atomic E-state index is -0.0529. The third-order valence-electron chi connectivity index (χ3n) is 4.31. The van der Waals surface area contributed by atoms with Crippen molar-refractivity contribution in [2.45, 2.75) is 25.9 Å². The van der Waals surface area contributed by atoms with Crippen LogP contribution in [0.4, 0.5) is 0 Å². The predicted molar refractivity (Wildman–Crippen MR) is 111 cm³/mol. The van der Waals surface area contributed by atoms with Gasteiger partial charge in [0.2, 0.25) is 0 Å². The number of hydrogen-bond acceptors (Lipinski definition) is 3. The van der Waals surface area contributed by atoms with Crippen molar-refractivity contribution in [2.24, 2.45) is 0 Å². The fourth-order valence-corrected chi connectivity index (χ4v) is 3.90. The molecule has 0 radical (unpaired) electrons. The van der Waals surface area contributed by atoms with Gasteiger partial charge >= 0.3 is 0 Å². The van der Waals surface area contributed by atoms with Gasteiger partial charge in [-0.3, -0.25) is 4.79 Å². The molecular formula is C22H22ClNO2S. The van der Waals surface area contributed by atoms with E-state index in [1.165, 1.54) is 4.88 Å². The lowest BCUT2D eigenvalue weighted by Crippen LogP contribution is -2.41. The summed E-state index contributed by atoms with van der Waals surface area (Å²) < 4.78 is 5.68. The topological polar surface area (TPSA) is 29.5 Å². The van der Waals surface area contributed by atoms with Crippen molar-refractivity contribution < 1.29 is 9.53 Å². The molecule has 3 aromatic rings. The fraction of sp³-hybridized carbons (Fsp3) is 0.227. The summed E-state index contributed by atoms with van der Waals surface area (Å²) in [5, 5.41) is 2.57. The molecule has 0 aliphatic heterocycles. The molecule has 0 aliphatic rings. The number of ether oxygens (including phenoxy) is 1. The third-order valence-corrected chi connectivity index (χ3v) is 5.52. The minimum Gasteiger partial charge on any atom is -0.482 e. The highest BCUT2D eigenvalue weighted by Gasteiger charge is 2.22. The Balaban J connectivity index is 1.71. The minimum absolute atomic E-state index is 0.0364. The molecule has 1 atom stereocenters. The van der Waals surface area contributed by atoms with Crippen LogP contribution in [0.25, 0.3) is 0 Å². The van der Waals surface area contributed by atoms with Crippen LogP contribution in [0.3, 0.4) is 0 Å². The molecule has 0 bridgehead atoms. The Morgan fingerprint density at radius 2 is 1.81 bits per heavy atom. The van der Waals surface area contributed by atoms with Crippen molar-refractivity contribution >= 4 is 28.8 Å². The number of rotatable bonds is 8. The zero-order valence-electron chi connectivity index (χ0n) is 15.2. The first-order valence-electron chi connectivity index (χ1n) is 8.86. The van der Waals surface area contributed by atoms with Crippen molar-refractivity contribution in [3.05, 3.63) is 87.6 Å². The summed E-state index contributed by atoms with van der Waals surface area (Å²) in [6.45, 7) is 2.60. The lowest BCUT2D eigenvalue weighted by molar-refractivity contribution is -0.136. The van der Waals surface area contributed by atoms with E-state index in [4.69, 9.17) is 16.3 Å². The SMILES string of the molecule is C[C@H](Cc1cccs1)N(Cc1ccccc1)C(=O)COc1ccccc1Cl. The molecule has 3 nitrogen and oxygen atoms in total. The monoisotopic (exact) mass is 399 g/mol. The van der Waals surface area contributed by atoms with Gasteiger partial charge in [0, 0.05) is 23.9 Å². The molecule has 0 fully saturated rings. The molecule has 0 unspecified atom stereocenters. The highest BCUT2D eigenvalue weighted by atomic mass is 35.5. The molecule has 140 valence electrons. The van der Waals surface area contributed by atoms with Crippen LogP contribution in [-0.2, 0) is 17.8 Å². The highest BCUT2D eigenvalue weighted by molar-refractivity contribution is 7.09. The van der Waals surface area contributed by atoms with Gasteiger partial charge in [-0.05, 0) is 36.1 Å². The fourth-order valence-electron chi connectivity index (χ4n) is 2.88. The number of para-hydroxylation sites is 1. The largest absolute Gasteiger partial charge is 0.482 e. The molecule has 0 spiro atoms. The van der Waals surface area contributed by atoms with Crippen molar-refractivity contribution in [1.29, 1.82) is 0 Å². The molecule has 3 rings (SSSR count). The van der Waals surface area contributed by atoms with Gasteiger partial charge in [-0.25, -0.2) is 0 Å². The van der Waals surface area contributed by atoms with Crippen LogP contribution in [-0.4, -0.2) is 23.5 Å². The first-order chi connectivity index (χ1) is 13.1. The number of hydrogen-bond donors (Lipinski definition) is 0. The van der Waals surface area contributed by atoms with Gasteiger partial charge in [0.15, 0.2) is 6.61 Å². The van der Waals surface area contributed by atoms with E-state index in [0.29, 0.717) is 17.3 Å². The first kappa shape index (κ1) is 19.5. The summed E-state index contributed by atoms with van der Waals surface area (Å²) in [5.74, 6) is 0.473. The van der Waals surface area contributed by atoms with Crippen LogP contribution in [0.1, 0.15) is 17.4 Å². The Hall–Kier alpha value is -2.30. The Kier molecular flexibility index (Phi) is 6.91. The van der Waals surface area contributed by atoms with Crippen LogP contribution < -0.4 is 4.74 Å². The summed E-state index contributed by atoms with van der Waals surface area (Å²) in [5.41, 5.74) is 1.10. The maximum absolute atomic E-state index is 13.0. The van der Waals surface area contributed by atoms with Crippen molar-refractivity contribution in [3.63, 3.8) is 0 Å². The quantitative estimate of drug-likeness (QED) is 0.504. The van der Waals surface area contributed by atoms with Crippen molar-refractivity contribution in [2.75, 3.05) is 6.61 Å². The second-order valence-corrected chi connectivity index (χ2v) is 7.80. The third kappa shape index (κ3) is 5.59. The average Bonchev–Trinajstić information content (AvgIpc) is 3.19. The van der Waals surface area contributed by atoms with Crippen LogP contribution in [0.5, 0.6) is 5.75 Å². The van der Waals surface area contributed by atoms with Crippen LogP contribution in [0.2, 0.25) is 5.02 Å². The Labute approximate surface area is 169 Å². The lowest BCUT2D eigenvalue weighted by Gasteiger charge is -2.29. The number of nitrogens with zero attached hydrogens (tertiary/aromatic N) is 1. The maximum atomic E-state index is 13.0. The normalized spacial score (nSPS) is 11.8. The molecular weight excluding hydrogens is 378 g/mol. The van der Waals surface area contributed by atoms with E-state index in [-0.39, 0.29) is 18.6 Å². The van der Waals surface area contributed by atoms with E-state index >= 15 is 0 Å². The van der Waals surface area contributed by atoms with E-state index in [1.54, 1.807) is 23.5 Å². The van der Waals surface area contributed by atoms with Crippen molar-refractivity contribution in [1.82, 2.24) is 4.90 Å². The number of carbonyl (C=O) groups is 1. The van der Waals surface area contributed by atoms with Gasteiger partial charge in [-0.1, -0.05) is 60.1 Å². The number of amides is 1. The second-order valence-electron chi connectivity index (χ2n) is 6.36. The molecule has 1 aromatic heterocycles. The maximum Gasteiger partial charge on any atom is 0.261 e. The van der Waals surface area contributed by atoms with E-state index in [1.807, 2.05) is 53.4 Å². The summed E-state index contributed by atoms with van der Waals surface area (Å²) in [7, 11) is 0. The van der Waals surface area contributed by atoms with Gasteiger partial charge in [0.1, 0.15) is 5.75 Å². The molecule has 5 heteroatoms. The van der Waals surface area contributed by atoms with Gasteiger partial charge in [0.25, 0.3) is 5.91 Å². The average molecular weight is 400 g/mol. The Bertz CT molecular complexity index is 852. The zero-order chi connectivity index (χ0) is 19.1. The predicted octanol–water partition coefficient (Wildman–Crippen LogP) is 5.44. The molecule has 1 amide bonds. The van der Waals surface area contributed by atoms with Gasteiger partial charge < -0.3 is 9.64 Å². The number of thiophene rings is 1. The Morgan fingerprint density at radius 1 is 1.07 bits per heavy atom. The van der Waals surface area contributed by atoms with Crippen LogP contribution in [0.15, 0.2) is 72.1 Å². The lowest BCUT2D eigenvalue weighted by atomic mass is 10.1. The first-order valence-corrected chi connectivity index (χ1v) is 10.1. The van der Waals surface area contributed by atoms with Crippen molar-refractivity contribution in [3.8, 4) is 5.75 Å². The van der Waals surface area contributed by atoms with E-state index in [0.717, 1.165) is 12.0 Å². The molecule has 2 aromatic carbocycles. The molecule has 0 aliphatic carbocycles. The summed E-state index contributed by atoms with van der Waals surface area (Å²) in [6, 6.07) is 21.4. The van der Waals surface area contributed by atoms with E-state index in [9.17, 15) is 4.79 Å². The Morgan fingerprint density at radius 3 is 2.52 bits per heavy atom. The second kappa shape index (κ2) is 9.58. The summed E-state index contributed by atoms with van der Waals surface area (Å²) in [4.78, 5) is 16.1. The van der Waals surface area contributed by atoms with E-state index in [2.05, 4.69) is 18.4 Å². The molecule has 27 heavy (non-hydrogen) atoms. The smallest absolute Gasteiger partial charge is 0.261 e. The molecule has 0 saturated carbocycles. The van der Waals surface area contributed by atoms with E-state index < -0.39 is 0 Å². The zero-order valence-corrected chi connectivity index (χ0v) is 16.7. The molecule has 0 N–H and O–H groups in total. The molecule has 0 saturated heterocycles. The highest BCUT2D eigenvalue weighted by Crippen LogP contribution is 2.23. The standard InChI is InChI=1S/C22H22ClNO2S/c1-17(14-19-10-7-13-27-19)24(15-18-8-3-2-4-9-18)22(25)16-26-21-12-6-5-11-20(21)23/h2-13,17H,14-16H2,1H3/t17-/m1/s1.